The lowest BCUT2D eigenvalue weighted by Crippen LogP contribution is -2.30. The van der Waals surface area contributed by atoms with Crippen LogP contribution in [0.25, 0.3) is 21.8 Å². The molecule has 1 aromatic carbocycles. The van der Waals surface area contributed by atoms with Gasteiger partial charge < -0.3 is 9.46 Å². The van der Waals surface area contributed by atoms with Gasteiger partial charge in [0.1, 0.15) is 11.0 Å². The van der Waals surface area contributed by atoms with E-state index in [1.807, 2.05) is 0 Å². The number of halogens is 5. The summed E-state index contributed by atoms with van der Waals surface area (Å²) < 4.78 is 57.9. The fraction of sp³-hybridized carbons (Fsp3) is 0.409. The minimum absolute atomic E-state index is 0.0854. The van der Waals surface area contributed by atoms with Crippen molar-refractivity contribution >= 4 is 51.2 Å². The van der Waals surface area contributed by atoms with E-state index in [1.165, 1.54) is 11.3 Å². The van der Waals surface area contributed by atoms with Crippen molar-refractivity contribution in [2.45, 2.75) is 37.8 Å². The molecule has 6 nitrogen and oxygen atoms in total. The fourth-order valence-electron chi connectivity index (χ4n) is 3.61. The third-order valence-corrected chi connectivity index (χ3v) is 8.64. The molecule has 1 aliphatic rings. The molecule has 2 aromatic heterocycles. The zero-order valence-electron chi connectivity index (χ0n) is 18.5. The second-order valence-electron chi connectivity index (χ2n) is 8.26. The van der Waals surface area contributed by atoms with Crippen LogP contribution in [0.4, 0.5) is 18.9 Å². The molecule has 0 spiro atoms. The Morgan fingerprint density at radius 2 is 1.94 bits per heavy atom. The zero-order valence-corrected chi connectivity index (χ0v) is 21.6. The SMILES string of the molecule is CC1(c2nc(-c3cccc(NS(=O)CCC(F)(F)F)c3Cl)c(-c3ccnc(Cl)n3)s2)CCOCC1. The number of aromatic nitrogens is 3. The highest BCUT2D eigenvalue weighted by Crippen LogP contribution is 2.46. The van der Waals surface area contributed by atoms with Crippen LogP contribution in [0.5, 0.6) is 0 Å². The van der Waals surface area contributed by atoms with E-state index in [0.29, 0.717) is 30.2 Å². The molecule has 1 aliphatic heterocycles. The molecule has 0 aliphatic carbocycles. The second-order valence-corrected chi connectivity index (χ2v) is 11.3. The quantitative estimate of drug-likeness (QED) is 0.324. The number of alkyl halides is 3. The average Bonchev–Trinajstić information content (AvgIpc) is 3.25. The predicted octanol–water partition coefficient (Wildman–Crippen LogP) is 6.67. The Bertz CT molecular complexity index is 1230. The molecule has 1 atom stereocenters. The number of benzene rings is 1. The van der Waals surface area contributed by atoms with Crippen molar-refractivity contribution in [3.8, 4) is 21.8 Å². The molecule has 3 heterocycles. The number of hydrogen-bond acceptors (Lipinski definition) is 6. The molecule has 35 heavy (non-hydrogen) atoms. The van der Waals surface area contributed by atoms with Crippen LogP contribution in [0.1, 0.15) is 31.2 Å². The van der Waals surface area contributed by atoms with Crippen molar-refractivity contribution in [3.05, 3.63) is 45.8 Å². The van der Waals surface area contributed by atoms with Gasteiger partial charge in [-0.1, -0.05) is 30.7 Å². The smallest absolute Gasteiger partial charge is 0.381 e. The van der Waals surface area contributed by atoms with E-state index in [1.54, 1.807) is 30.5 Å². The molecule has 0 bridgehead atoms. The van der Waals surface area contributed by atoms with Gasteiger partial charge >= 0.3 is 6.18 Å². The van der Waals surface area contributed by atoms with Crippen molar-refractivity contribution in [1.82, 2.24) is 15.0 Å². The summed E-state index contributed by atoms with van der Waals surface area (Å²) in [6.45, 7) is 3.40. The first-order valence-corrected chi connectivity index (χ1v) is 13.5. The van der Waals surface area contributed by atoms with Gasteiger partial charge in [-0.15, -0.1) is 11.3 Å². The fourth-order valence-corrected chi connectivity index (χ4v) is 6.26. The monoisotopic (exact) mass is 564 g/mol. The molecule has 0 radical (unpaired) electrons. The molecule has 13 heteroatoms. The highest BCUT2D eigenvalue weighted by atomic mass is 35.5. The lowest BCUT2D eigenvalue weighted by molar-refractivity contribution is -0.129. The Morgan fingerprint density at radius 1 is 1.20 bits per heavy atom. The maximum Gasteiger partial charge on any atom is 0.390 e. The lowest BCUT2D eigenvalue weighted by Gasteiger charge is -2.31. The van der Waals surface area contributed by atoms with Crippen LogP contribution in [0.2, 0.25) is 10.3 Å². The van der Waals surface area contributed by atoms with Gasteiger partial charge in [-0.3, -0.25) is 0 Å². The van der Waals surface area contributed by atoms with Crippen molar-refractivity contribution < 1.29 is 22.1 Å². The zero-order chi connectivity index (χ0) is 25.2. The van der Waals surface area contributed by atoms with Crippen LogP contribution in [-0.4, -0.2) is 44.3 Å². The largest absolute Gasteiger partial charge is 0.390 e. The molecule has 0 amide bonds. The second kappa shape index (κ2) is 10.7. The highest BCUT2D eigenvalue weighted by molar-refractivity contribution is 7.86. The number of ether oxygens (including phenoxy) is 1. The Kier molecular flexibility index (Phi) is 8.02. The molecule has 1 N–H and O–H groups in total. The number of anilines is 1. The summed E-state index contributed by atoms with van der Waals surface area (Å²) in [5.41, 5.74) is 1.72. The molecule has 0 saturated carbocycles. The van der Waals surface area contributed by atoms with Crippen LogP contribution in [-0.2, 0) is 21.1 Å². The van der Waals surface area contributed by atoms with E-state index in [0.717, 1.165) is 22.7 Å². The summed E-state index contributed by atoms with van der Waals surface area (Å²) in [4.78, 5) is 14.0. The van der Waals surface area contributed by atoms with Crippen LogP contribution in [0, 0.1) is 0 Å². The summed E-state index contributed by atoms with van der Waals surface area (Å²) in [6, 6.07) is 6.72. The minimum atomic E-state index is -4.39. The van der Waals surface area contributed by atoms with Crippen LogP contribution in [0.3, 0.4) is 0 Å². The maximum absolute atomic E-state index is 12.5. The number of nitrogens with one attached hydrogen (secondary N) is 1. The first kappa shape index (κ1) is 26.3. The van der Waals surface area contributed by atoms with E-state index in [4.69, 9.17) is 32.9 Å². The highest BCUT2D eigenvalue weighted by Gasteiger charge is 2.34. The molecular formula is C22H21Cl2F3N4O2S2. The first-order valence-electron chi connectivity index (χ1n) is 10.6. The van der Waals surface area contributed by atoms with Crippen molar-refractivity contribution in [2.24, 2.45) is 0 Å². The Labute approximate surface area is 216 Å². The Hall–Kier alpha value is -1.79. The van der Waals surface area contributed by atoms with Crippen LogP contribution in [0.15, 0.2) is 30.5 Å². The Balaban J connectivity index is 1.74. The van der Waals surface area contributed by atoms with E-state index < -0.39 is 29.3 Å². The lowest BCUT2D eigenvalue weighted by atomic mass is 9.83. The van der Waals surface area contributed by atoms with E-state index in [-0.39, 0.29) is 21.4 Å². The molecule has 3 aromatic rings. The van der Waals surface area contributed by atoms with Crippen molar-refractivity contribution in [2.75, 3.05) is 23.7 Å². The van der Waals surface area contributed by atoms with Gasteiger partial charge in [-0.25, -0.2) is 19.2 Å². The first-order chi connectivity index (χ1) is 16.6. The maximum atomic E-state index is 12.5. The van der Waals surface area contributed by atoms with Crippen molar-refractivity contribution in [1.29, 1.82) is 0 Å². The van der Waals surface area contributed by atoms with Gasteiger partial charge in [0, 0.05) is 30.4 Å². The number of rotatable bonds is 7. The van der Waals surface area contributed by atoms with E-state index in [2.05, 4.69) is 21.6 Å². The number of nitrogens with zero attached hydrogens (tertiary/aromatic N) is 3. The predicted molar refractivity (Wildman–Crippen MR) is 133 cm³/mol. The van der Waals surface area contributed by atoms with Gasteiger partial charge in [-0.2, -0.15) is 13.2 Å². The molecule has 4 rings (SSSR count). The number of hydrogen-bond donors (Lipinski definition) is 1. The summed E-state index contributed by atoms with van der Waals surface area (Å²) in [6.07, 6.45) is -2.41. The minimum Gasteiger partial charge on any atom is -0.381 e. The van der Waals surface area contributed by atoms with Gasteiger partial charge in [-0.05, 0) is 36.6 Å². The van der Waals surface area contributed by atoms with Gasteiger partial charge in [0.2, 0.25) is 5.28 Å². The molecular weight excluding hydrogens is 544 g/mol. The third kappa shape index (κ3) is 6.32. The van der Waals surface area contributed by atoms with E-state index >= 15 is 0 Å². The molecule has 1 unspecified atom stereocenters. The average molecular weight is 565 g/mol. The normalized spacial score (nSPS) is 16.7. The standard InChI is InChI=1S/C22H21Cl2F3N4O2S2/c1-21(6-10-33-11-7-21)19-30-17(18(34-19)15-5-9-28-20(24)29-15)13-3-2-4-14(16(13)23)31-35(32)12-8-22(25,26)27/h2-5,9,31H,6-8,10-12H2,1H3. The summed E-state index contributed by atoms with van der Waals surface area (Å²) in [5.74, 6) is -0.587. The summed E-state index contributed by atoms with van der Waals surface area (Å²) >= 11 is 14.2. The van der Waals surface area contributed by atoms with Crippen LogP contribution >= 0.6 is 34.5 Å². The third-order valence-electron chi connectivity index (χ3n) is 5.65. The molecule has 188 valence electrons. The summed E-state index contributed by atoms with van der Waals surface area (Å²) in [7, 11) is -1.97. The molecule has 1 saturated heterocycles. The van der Waals surface area contributed by atoms with E-state index in [9.17, 15) is 17.4 Å². The number of thiazole rings is 1. The summed E-state index contributed by atoms with van der Waals surface area (Å²) in [5, 5.41) is 1.18. The van der Waals surface area contributed by atoms with Gasteiger partial charge in [0.05, 0.1) is 44.2 Å². The van der Waals surface area contributed by atoms with Crippen molar-refractivity contribution in [3.63, 3.8) is 0 Å². The van der Waals surface area contributed by atoms with Gasteiger partial charge in [0.25, 0.3) is 0 Å². The molecule has 1 fully saturated rings. The topological polar surface area (TPSA) is 77.0 Å². The Morgan fingerprint density at radius 3 is 2.63 bits per heavy atom. The van der Waals surface area contributed by atoms with Crippen LogP contribution < -0.4 is 4.72 Å². The van der Waals surface area contributed by atoms with Gasteiger partial charge in [0.15, 0.2) is 0 Å².